The van der Waals surface area contributed by atoms with Gasteiger partial charge in [0.05, 0.1) is 16.7 Å². The molecule has 0 saturated carbocycles. The molecule has 1 aromatic carbocycles. The van der Waals surface area contributed by atoms with Gasteiger partial charge in [-0.05, 0) is 25.1 Å². The van der Waals surface area contributed by atoms with E-state index >= 15 is 0 Å². The van der Waals surface area contributed by atoms with Crippen molar-refractivity contribution >= 4 is 40.8 Å². The van der Waals surface area contributed by atoms with E-state index in [9.17, 15) is 0 Å². The molecule has 0 atom stereocenters. The minimum absolute atomic E-state index is 0.165. The maximum absolute atomic E-state index is 5.94. The Kier molecular flexibility index (Phi) is 4.78. The zero-order chi connectivity index (χ0) is 14.5. The van der Waals surface area contributed by atoms with Crippen LogP contribution in [0.4, 0.5) is 17.6 Å². The van der Waals surface area contributed by atoms with Crippen molar-refractivity contribution < 1.29 is 4.74 Å². The zero-order valence-corrected chi connectivity index (χ0v) is 12.0. The molecule has 2 rings (SSSR count). The molecule has 0 aliphatic heterocycles. The minimum Gasteiger partial charge on any atom is -0.464 e. The van der Waals surface area contributed by atoms with Crippen molar-refractivity contribution in [2.75, 3.05) is 17.3 Å². The molecule has 9 heteroatoms. The van der Waals surface area contributed by atoms with Gasteiger partial charge in [0.15, 0.2) is 0 Å². The molecule has 0 aliphatic rings. The third kappa shape index (κ3) is 3.60. The van der Waals surface area contributed by atoms with E-state index in [0.717, 1.165) is 0 Å². The van der Waals surface area contributed by atoms with Crippen LogP contribution >= 0.6 is 23.2 Å². The Bertz CT molecular complexity index is 609. The monoisotopic (exact) mass is 314 g/mol. The predicted octanol–water partition coefficient (Wildman–Crippen LogP) is 2.61. The van der Waals surface area contributed by atoms with Crippen LogP contribution in [0.2, 0.25) is 10.0 Å². The minimum atomic E-state index is 0.165. The average Bonchev–Trinajstić information content (AvgIpc) is 2.43. The van der Waals surface area contributed by atoms with Crippen molar-refractivity contribution in [3.63, 3.8) is 0 Å². The molecular formula is C11H12Cl2N6O. The molecule has 0 amide bonds. The Hall–Kier alpha value is -1.83. The maximum Gasteiger partial charge on any atom is 0.323 e. The quantitative estimate of drug-likeness (QED) is 0.576. The number of nitrogens with zero attached hydrogens (tertiary/aromatic N) is 3. The van der Waals surface area contributed by atoms with Crippen LogP contribution in [0.15, 0.2) is 18.2 Å². The zero-order valence-electron chi connectivity index (χ0n) is 10.5. The Balaban J connectivity index is 2.27. The maximum atomic E-state index is 5.94. The second-order valence-corrected chi connectivity index (χ2v) is 4.41. The van der Waals surface area contributed by atoms with Crippen LogP contribution < -0.4 is 21.3 Å². The molecule has 4 N–H and O–H groups in total. The van der Waals surface area contributed by atoms with Gasteiger partial charge in [-0.25, -0.2) is 5.84 Å². The van der Waals surface area contributed by atoms with Crippen LogP contribution in [0, 0.1) is 0 Å². The van der Waals surface area contributed by atoms with Gasteiger partial charge in [-0.3, -0.25) is 5.43 Å². The van der Waals surface area contributed by atoms with E-state index in [4.69, 9.17) is 33.8 Å². The van der Waals surface area contributed by atoms with E-state index in [1.165, 1.54) is 0 Å². The first kappa shape index (κ1) is 14.6. The van der Waals surface area contributed by atoms with E-state index in [1.54, 1.807) is 18.2 Å². The number of anilines is 3. The molecule has 0 spiro atoms. The van der Waals surface area contributed by atoms with Gasteiger partial charge < -0.3 is 10.1 Å². The topological polar surface area (TPSA) is 98.0 Å². The fourth-order valence-electron chi connectivity index (χ4n) is 1.37. The molecule has 106 valence electrons. The lowest BCUT2D eigenvalue weighted by Gasteiger charge is -2.09. The SMILES string of the molecule is CCOc1nc(NN)nc(Nc2ccc(Cl)c(Cl)c2)n1. The number of aromatic nitrogens is 3. The second kappa shape index (κ2) is 6.56. The lowest BCUT2D eigenvalue weighted by Crippen LogP contribution is -2.13. The van der Waals surface area contributed by atoms with E-state index < -0.39 is 0 Å². The van der Waals surface area contributed by atoms with Gasteiger partial charge in [0.1, 0.15) is 0 Å². The number of hydrazine groups is 1. The van der Waals surface area contributed by atoms with Crippen LogP contribution in [-0.2, 0) is 0 Å². The summed E-state index contributed by atoms with van der Waals surface area (Å²) in [6.07, 6.45) is 0. The molecule has 0 saturated heterocycles. The number of rotatable bonds is 5. The highest BCUT2D eigenvalue weighted by atomic mass is 35.5. The van der Waals surface area contributed by atoms with Gasteiger partial charge in [0.2, 0.25) is 11.9 Å². The summed E-state index contributed by atoms with van der Waals surface area (Å²) in [5, 5.41) is 3.85. The normalized spacial score (nSPS) is 10.2. The second-order valence-electron chi connectivity index (χ2n) is 3.60. The number of hydrogen-bond acceptors (Lipinski definition) is 7. The van der Waals surface area contributed by atoms with Crippen LogP contribution in [0.3, 0.4) is 0 Å². The summed E-state index contributed by atoms with van der Waals surface area (Å²) in [4.78, 5) is 12.1. The third-order valence-electron chi connectivity index (χ3n) is 2.19. The number of nitrogens with two attached hydrogens (primary N) is 1. The number of nitrogen functional groups attached to an aromatic ring is 1. The van der Waals surface area contributed by atoms with Crippen LogP contribution in [0.25, 0.3) is 0 Å². The van der Waals surface area contributed by atoms with E-state index in [2.05, 4.69) is 25.7 Å². The first-order chi connectivity index (χ1) is 9.62. The molecular weight excluding hydrogens is 303 g/mol. The fourth-order valence-corrected chi connectivity index (χ4v) is 1.67. The van der Waals surface area contributed by atoms with Crippen molar-refractivity contribution in [3.8, 4) is 6.01 Å². The number of hydrogen-bond donors (Lipinski definition) is 3. The van der Waals surface area contributed by atoms with Crippen molar-refractivity contribution in [2.45, 2.75) is 6.92 Å². The van der Waals surface area contributed by atoms with Gasteiger partial charge in [-0.2, -0.15) is 15.0 Å². The van der Waals surface area contributed by atoms with E-state index in [0.29, 0.717) is 22.3 Å². The van der Waals surface area contributed by atoms with Gasteiger partial charge >= 0.3 is 6.01 Å². The molecule has 0 aliphatic carbocycles. The van der Waals surface area contributed by atoms with Crippen LogP contribution in [-0.4, -0.2) is 21.6 Å². The number of benzene rings is 1. The highest BCUT2D eigenvalue weighted by molar-refractivity contribution is 6.42. The highest BCUT2D eigenvalue weighted by Gasteiger charge is 2.07. The lowest BCUT2D eigenvalue weighted by molar-refractivity contribution is 0.312. The summed E-state index contributed by atoms with van der Waals surface area (Å²) in [6, 6.07) is 5.23. The largest absolute Gasteiger partial charge is 0.464 e. The lowest BCUT2D eigenvalue weighted by atomic mass is 10.3. The molecule has 1 aromatic heterocycles. The van der Waals surface area contributed by atoms with Crippen molar-refractivity contribution in [1.82, 2.24) is 15.0 Å². The number of nitrogens with one attached hydrogen (secondary N) is 2. The molecule has 0 unspecified atom stereocenters. The van der Waals surface area contributed by atoms with Crippen molar-refractivity contribution in [1.29, 1.82) is 0 Å². The molecule has 0 radical (unpaired) electrons. The summed E-state index contributed by atoms with van der Waals surface area (Å²) < 4.78 is 5.22. The van der Waals surface area contributed by atoms with E-state index in [-0.39, 0.29) is 17.9 Å². The van der Waals surface area contributed by atoms with Gasteiger partial charge in [-0.1, -0.05) is 23.2 Å². The Morgan fingerprint density at radius 3 is 2.55 bits per heavy atom. The summed E-state index contributed by atoms with van der Waals surface area (Å²) in [7, 11) is 0. The fraction of sp³-hybridized carbons (Fsp3) is 0.182. The van der Waals surface area contributed by atoms with Crippen LogP contribution in [0.1, 0.15) is 6.92 Å². The smallest absolute Gasteiger partial charge is 0.323 e. The van der Waals surface area contributed by atoms with Crippen LogP contribution in [0.5, 0.6) is 6.01 Å². The van der Waals surface area contributed by atoms with Gasteiger partial charge in [0.25, 0.3) is 0 Å². The third-order valence-corrected chi connectivity index (χ3v) is 2.93. The van der Waals surface area contributed by atoms with Crippen molar-refractivity contribution in [3.05, 3.63) is 28.2 Å². The first-order valence-electron chi connectivity index (χ1n) is 5.70. The Morgan fingerprint density at radius 1 is 1.15 bits per heavy atom. The molecule has 2 aromatic rings. The molecule has 0 fully saturated rings. The predicted molar refractivity (Wildman–Crippen MR) is 78.6 cm³/mol. The Labute approximate surface area is 125 Å². The summed E-state index contributed by atoms with van der Waals surface area (Å²) in [5.41, 5.74) is 3.02. The van der Waals surface area contributed by atoms with E-state index in [1.807, 2.05) is 6.92 Å². The number of ether oxygens (including phenoxy) is 1. The summed E-state index contributed by atoms with van der Waals surface area (Å²) in [6.45, 7) is 2.26. The molecule has 1 heterocycles. The Morgan fingerprint density at radius 2 is 1.90 bits per heavy atom. The summed E-state index contributed by atoms with van der Waals surface area (Å²) >= 11 is 11.8. The average molecular weight is 315 g/mol. The first-order valence-corrected chi connectivity index (χ1v) is 6.45. The molecule has 20 heavy (non-hydrogen) atoms. The highest BCUT2D eigenvalue weighted by Crippen LogP contribution is 2.26. The number of halogens is 2. The standard InChI is InChI=1S/C11H12Cl2N6O/c1-2-20-11-17-9(16-10(18-11)19-14)15-6-3-4-7(12)8(13)5-6/h3-5H,2,14H2,1H3,(H2,15,16,17,18,19). The molecule has 7 nitrogen and oxygen atoms in total. The summed E-state index contributed by atoms with van der Waals surface area (Å²) in [5.74, 6) is 5.76. The van der Waals surface area contributed by atoms with Crippen molar-refractivity contribution in [2.24, 2.45) is 5.84 Å². The van der Waals surface area contributed by atoms with Gasteiger partial charge in [-0.15, -0.1) is 0 Å². The van der Waals surface area contributed by atoms with Gasteiger partial charge in [0, 0.05) is 5.69 Å². The molecule has 0 bridgehead atoms.